The molecule has 2 unspecified atom stereocenters. The van der Waals surface area contributed by atoms with E-state index in [1.54, 1.807) is 6.20 Å². The van der Waals surface area contributed by atoms with Crippen molar-refractivity contribution in [2.75, 3.05) is 43.1 Å². The van der Waals surface area contributed by atoms with Gasteiger partial charge in [0.25, 0.3) is 5.91 Å². The van der Waals surface area contributed by atoms with E-state index in [1.807, 2.05) is 55.6 Å². The van der Waals surface area contributed by atoms with Crippen LogP contribution in [0.15, 0.2) is 89.6 Å². The summed E-state index contributed by atoms with van der Waals surface area (Å²) in [4.78, 5) is 21.3. The van der Waals surface area contributed by atoms with Crippen LogP contribution in [0.1, 0.15) is 76.9 Å². The van der Waals surface area contributed by atoms with Gasteiger partial charge in [-0.3, -0.25) is 9.00 Å². The summed E-state index contributed by atoms with van der Waals surface area (Å²) in [5.74, 6) is 1.98. The average Bonchev–Trinajstić information content (AvgIpc) is 3.51. The molecule has 0 radical (unpaired) electrons. The van der Waals surface area contributed by atoms with Gasteiger partial charge >= 0.3 is 0 Å². The molecule has 2 atom stereocenters. The van der Waals surface area contributed by atoms with Crippen LogP contribution in [0.25, 0.3) is 17.2 Å². The van der Waals surface area contributed by atoms with Gasteiger partial charge in [-0.05, 0) is 103 Å². The van der Waals surface area contributed by atoms with Gasteiger partial charge < -0.3 is 24.3 Å². The molecule has 1 aromatic heterocycles. The second kappa shape index (κ2) is 18.2. The monoisotopic (exact) mass is 696 g/mol. The minimum Gasteiger partial charge on any atom is -0.491 e. The highest BCUT2D eigenvalue weighted by molar-refractivity contribution is 7.85. The predicted molar refractivity (Wildman–Crippen MR) is 205 cm³/mol. The van der Waals surface area contributed by atoms with E-state index in [1.165, 1.54) is 0 Å². The number of nitrogens with one attached hydrogen (secondary N) is 1. The highest BCUT2D eigenvalue weighted by Crippen LogP contribution is 2.34. The molecule has 5 rings (SSSR count). The Bertz CT molecular complexity index is 1750. The van der Waals surface area contributed by atoms with Crippen LogP contribution >= 0.6 is 0 Å². The molecule has 2 heterocycles. The Balaban J connectivity index is 1.29. The van der Waals surface area contributed by atoms with Gasteiger partial charge in [-0.1, -0.05) is 52.3 Å². The van der Waals surface area contributed by atoms with Crippen molar-refractivity contribution in [3.63, 3.8) is 0 Å². The highest BCUT2D eigenvalue weighted by Gasteiger charge is 2.22. The van der Waals surface area contributed by atoms with Crippen molar-refractivity contribution >= 4 is 34.2 Å². The first-order valence-corrected chi connectivity index (χ1v) is 19.2. The van der Waals surface area contributed by atoms with E-state index in [0.29, 0.717) is 36.1 Å². The summed E-state index contributed by atoms with van der Waals surface area (Å²) in [6, 6.07) is 22.0. The van der Waals surface area contributed by atoms with E-state index in [9.17, 15) is 9.00 Å². The zero-order valence-electron chi connectivity index (χ0n) is 30.2. The fourth-order valence-corrected chi connectivity index (χ4v) is 7.39. The summed E-state index contributed by atoms with van der Waals surface area (Å²) in [7, 11) is -1.28. The molecule has 4 aromatic rings. The van der Waals surface area contributed by atoms with Crippen LogP contribution in [0.4, 0.5) is 11.4 Å². The van der Waals surface area contributed by atoms with Crippen LogP contribution in [-0.4, -0.2) is 52.6 Å². The number of carbonyl (C=O) groups is 1. The number of carbonyl (C=O) groups excluding carboxylic acids is 1. The molecule has 1 N–H and O–H groups in total. The van der Waals surface area contributed by atoms with E-state index >= 15 is 0 Å². The first-order chi connectivity index (χ1) is 24.3. The van der Waals surface area contributed by atoms with Crippen LogP contribution in [0.3, 0.4) is 0 Å². The maximum Gasteiger partial charge on any atom is 0.251 e. The van der Waals surface area contributed by atoms with Crippen molar-refractivity contribution in [1.29, 1.82) is 0 Å². The summed E-state index contributed by atoms with van der Waals surface area (Å²) >= 11 is 0. The van der Waals surface area contributed by atoms with Gasteiger partial charge in [0.15, 0.2) is 0 Å². The quantitative estimate of drug-likeness (QED) is 0.111. The number of hydrogen-bond donors (Lipinski definition) is 1. The highest BCUT2D eigenvalue weighted by atomic mass is 32.2. The molecule has 266 valence electrons. The molecule has 0 bridgehead atoms. The lowest BCUT2D eigenvalue weighted by molar-refractivity contribution is -0.112. The van der Waals surface area contributed by atoms with Crippen LogP contribution in [-0.2, 0) is 26.9 Å². The van der Waals surface area contributed by atoms with Crippen molar-refractivity contribution in [3.05, 3.63) is 96.1 Å². The predicted octanol–water partition coefficient (Wildman–Crippen LogP) is 8.91. The third-order valence-corrected chi connectivity index (χ3v) is 10.4. The SMILES string of the molecule is CCCCOCCOc1ccc(-c2ccc3c(c2)C=C(C(=O)Nc2ccc(S(=O)C(C)c4nccn4CCC)cc2)CCN3CC(C)C)cc1. The number of unbranched alkanes of at least 4 members (excludes halogenated alkanes) is 1. The Morgan fingerprint density at radius 3 is 2.42 bits per heavy atom. The molecule has 3 aromatic carbocycles. The van der Waals surface area contributed by atoms with E-state index in [4.69, 9.17) is 9.47 Å². The van der Waals surface area contributed by atoms with Gasteiger partial charge in [0.05, 0.1) is 22.7 Å². The fraction of sp³-hybridized carbons (Fsp3) is 0.415. The zero-order valence-corrected chi connectivity index (χ0v) is 31.0. The lowest BCUT2D eigenvalue weighted by atomic mass is 10.00. The fourth-order valence-electron chi connectivity index (χ4n) is 6.19. The van der Waals surface area contributed by atoms with E-state index < -0.39 is 10.8 Å². The standard InChI is InChI=1S/C41H52N4O4S/c1-6-8-24-48-25-26-49-37-14-9-32(10-15-37)33-11-18-39-35(27-33)28-34(19-22-45(39)29-30(3)4)41(46)43-36-12-16-38(17-13-36)50(47)31(5)40-42-20-23-44(40)21-7-2/h9-18,20,23,27-28,30-31H,6-8,19,21-22,24-26,29H2,1-5H3,(H,43,46). The van der Waals surface area contributed by atoms with E-state index in [0.717, 1.165) is 85.0 Å². The number of fused-ring (bicyclic) bond motifs is 1. The molecule has 1 amide bonds. The van der Waals surface area contributed by atoms with Gasteiger partial charge in [-0.2, -0.15) is 0 Å². The molecular formula is C41H52N4O4S. The van der Waals surface area contributed by atoms with Crippen LogP contribution in [0, 0.1) is 5.92 Å². The molecule has 0 saturated carbocycles. The normalized spacial score (nSPS) is 14.1. The second-order valence-corrected chi connectivity index (χ2v) is 15.0. The van der Waals surface area contributed by atoms with E-state index in [2.05, 4.69) is 77.8 Å². The van der Waals surface area contributed by atoms with Gasteiger partial charge in [0, 0.05) is 60.5 Å². The smallest absolute Gasteiger partial charge is 0.251 e. The van der Waals surface area contributed by atoms with Crippen LogP contribution in [0.2, 0.25) is 0 Å². The summed E-state index contributed by atoms with van der Waals surface area (Å²) in [5.41, 5.74) is 5.72. The number of aromatic nitrogens is 2. The maximum absolute atomic E-state index is 13.7. The lowest BCUT2D eigenvalue weighted by Gasteiger charge is -2.27. The zero-order chi connectivity index (χ0) is 35.5. The van der Waals surface area contributed by atoms with Crippen LogP contribution in [0.5, 0.6) is 5.75 Å². The number of aryl methyl sites for hydroxylation is 1. The van der Waals surface area contributed by atoms with Gasteiger partial charge in [-0.25, -0.2) is 4.98 Å². The first-order valence-electron chi connectivity index (χ1n) is 18.0. The topological polar surface area (TPSA) is 85.7 Å². The van der Waals surface area contributed by atoms with Crippen molar-refractivity contribution < 1.29 is 18.5 Å². The summed E-state index contributed by atoms with van der Waals surface area (Å²) in [6.07, 6.45) is 9.54. The summed E-state index contributed by atoms with van der Waals surface area (Å²) in [6.45, 7) is 15.0. The second-order valence-electron chi connectivity index (χ2n) is 13.3. The minimum atomic E-state index is -1.28. The van der Waals surface area contributed by atoms with Gasteiger partial charge in [0.1, 0.15) is 18.2 Å². The van der Waals surface area contributed by atoms with Crippen molar-refractivity contribution in [1.82, 2.24) is 9.55 Å². The molecule has 8 nitrogen and oxygen atoms in total. The van der Waals surface area contributed by atoms with Gasteiger partial charge in [0.2, 0.25) is 0 Å². The minimum absolute atomic E-state index is 0.128. The number of ether oxygens (including phenoxy) is 2. The van der Waals surface area contributed by atoms with Crippen LogP contribution < -0.4 is 15.0 Å². The third-order valence-electron chi connectivity index (χ3n) is 8.79. The molecule has 0 fully saturated rings. The summed E-state index contributed by atoms with van der Waals surface area (Å²) < 4.78 is 27.0. The Morgan fingerprint density at radius 1 is 0.940 bits per heavy atom. The van der Waals surface area contributed by atoms with Gasteiger partial charge in [-0.15, -0.1) is 0 Å². The maximum atomic E-state index is 13.7. The summed E-state index contributed by atoms with van der Waals surface area (Å²) in [5, 5.41) is 2.84. The Labute approximate surface area is 300 Å². The number of benzene rings is 3. The molecule has 0 aliphatic carbocycles. The number of rotatable bonds is 17. The average molecular weight is 697 g/mol. The van der Waals surface area contributed by atoms with Crippen molar-refractivity contribution in [2.24, 2.45) is 5.92 Å². The number of imidazole rings is 1. The molecular weight excluding hydrogens is 645 g/mol. The molecule has 0 saturated heterocycles. The number of nitrogens with zero attached hydrogens (tertiary/aromatic N) is 3. The van der Waals surface area contributed by atoms with E-state index in [-0.39, 0.29) is 11.2 Å². The molecule has 1 aliphatic heterocycles. The number of hydrogen-bond acceptors (Lipinski definition) is 6. The van der Waals surface area contributed by atoms with Crippen molar-refractivity contribution in [3.8, 4) is 16.9 Å². The molecule has 1 aliphatic rings. The Morgan fingerprint density at radius 2 is 1.70 bits per heavy atom. The Kier molecular flexibility index (Phi) is 13.5. The molecule has 50 heavy (non-hydrogen) atoms. The molecule has 9 heteroatoms. The van der Waals surface area contributed by atoms with Crippen molar-refractivity contribution in [2.45, 2.75) is 77.0 Å². The lowest BCUT2D eigenvalue weighted by Crippen LogP contribution is -2.29. The third kappa shape index (κ3) is 9.73. The Hall–Kier alpha value is -4.21. The molecule has 0 spiro atoms. The first kappa shape index (κ1) is 37.1. The largest absolute Gasteiger partial charge is 0.491 e. The number of amides is 1. The number of anilines is 2.